The molecule has 0 unspecified atom stereocenters. The third kappa shape index (κ3) is 4.86. The molecule has 110 valence electrons. The van der Waals surface area contributed by atoms with E-state index < -0.39 is 12.9 Å². The molecule has 0 bridgehead atoms. The van der Waals surface area contributed by atoms with E-state index in [1.165, 1.54) is 12.1 Å². The second-order valence-electron chi connectivity index (χ2n) is 4.44. The molecule has 0 amide bonds. The molecule has 0 atom stereocenters. The van der Waals surface area contributed by atoms with Crippen LogP contribution in [0.3, 0.4) is 0 Å². The summed E-state index contributed by atoms with van der Waals surface area (Å²) in [5.74, 6) is 0.234. The molecule has 0 spiro atoms. The molecule has 0 saturated heterocycles. The predicted molar refractivity (Wildman–Crippen MR) is 77.8 cm³/mol. The zero-order valence-corrected chi connectivity index (χ0v) is 11.4. The van der Waals surface area contributed by atoms with E-state index in [1.807, 2.05) is 30.3 Å². The van der Waals surface area contributed by atoms with E-state index in [1.54, 1.807) is 0 Å². The molecule has 2 aromatic carbocycles. The highest BCUT2D eigenvalue weighted by molar-refractivity contribution is 6.58. The van der Waals surface area contributed by atoms with Gasteiger partial charge >= 0.3 is 7.12 Å². The Labute approximate surface area is 122 Å². The summed E-state index contributed by atoms with van der Waals surface area (Å²) in [5, 5.41) is 17.9. The number of ether oxygens (including phenoxy) is 2. The minimum Gasteiger partial charge on any atom is -0.491 e. The Morgan fingerprint density at radius 2 is 1.76 bits per heavy atom. The maximum atomic E-state index is 13.7. The molecule has 2 rings (SSSR count). The summed E-state index contributed by atoms with van der Waals surface area (Å²) >= 11 is 0. The fourth-order valence-corrected chi connectivity index (χ4v) is 1.76. The van der Waals surface area contributed by atoms with Crippen LogP contribution in [0.25, 0.3) is 0 Å². The van der Waals surface area contributed by atoms with Crippen molar-refractivity contribution in [2.75, 3.05) is 13.2 Å². The SMILES string of the molecule is OB(O)c1ccc(COCCOc2ccccc2)c(F)c1. The molecule has 0 aliphatic heterocycles. The molecule has 2 aromatic rings. The first-order valence-electron chi connectivity index (χ1n) is 6.57. The van der Waals surface area contributed by atoms with E-state index >= 15 is 0 Å². The van der Waals surface area contributed by atoms with Crippen LogP contribution in [0.1, 0.15) is 5.56 Å². The first kappa shape index (κ1) is 15.5. The quantitative estimate of drug-likeness (QED) is 0.592. The highest BCUT2D eigenvalue weighted by Crippen LogP contribution is 2.09. The van der Waals surface area contributed by atoms with Gasteiger partial charge in [0.15, 0.2) is 0 Å². The Hall–Kier alpha value is -1.89. The lowest BCUT2D eigenvalue weighted by Gasteiger charge is -2.08. The lowest BCUT2D eigenvalue weighted by molar-refractivity contribution is 0.0872. The Bertz CT molecular complexity index is 563. The van der Waals surface area contributed by atoms with E-state index in [0.717, 1.165) is 11.8 Å². The van der Waals surface area contributed by atoms with Crippen LogP contribution in [0.4, 0.5) is 4.39 Å². The maximum Gasteiger partial charge on any atom is 0.488 e. The number of halogens is 1. The molecule has 6 heteroatoms. The van der Waals surface area contributed by atoms with E-state index in [9.17, 15) is 4.39 Å². The first-order valence-corrected chi connectivity index (χ1v) is 6.57. The van der Waals surface area contributed by atoms with Crippen molar-refractivity contribution in [1.29, 1.82) is 0 Å². The molecular formula is C15H16BFO4. The van der Waals surface area contributed by atoms with Gasteiger partial charge in [-0.1, -0.05) is 30.3 Å². The highest BCUT2D eigenvalue weighted by Gasteiger charge is 2.13. The largest absolute Gasteiger partial charge is 0.491 e. The summed E-state index contributed by atoms with van der Waals surface area (Å²) < 4.78 is 24.4. The van der Waals surface area contributed by atoms with Crippen molar-refractivity contribution in [3.05, 3.63) is 59.9 Å². The molecule has 0 radical (unpaired) electrons. The summed E-state index contributed by atoms with van der Waals surface area (Å²) in [6.45, 7) is 0.809. The van der Waals surface area contributed by atoms with Crippen LogP contribution in [-0.2, 0) is 11.3 Å². The van der Waals surface area contributed by atoms with Gasteiger partial charge in [0.2, 0.25) is 0 Å². The van der Waals surface area contributed by atoms with Gasteiger partial charge in [0.25, 0.3) is 0 Å². The average molecular weight is 290 g/mol. The second-order valence-corrected chi connectivity index (χ2v) is 4.44. The summed E-state index contributed by atoms with van der Waals surface area (Å²) in [4.78, 5) is 0. The Morgan fingerprint density at radius 3 is 2.43 bits per heavy atom. The minimum atomic E-state index is -1.67. The van der Waals surface area contributed by atoms with Crippen molar-refractivity contribution in [2.45, 2.75) is 6.61 Å². The standard InChI is InChI=1S/C15H16BFO4/c17-15-10-13(16(18)19)7-6-12(15)11-20-8-9-21-14-4-2-1-3-5-14/h1-7,10,18-19H,8-9,11H2. The van der Waals surface area contributed by atoms with E-state index in [2.05, 4.69) is 0 Å². The molecule has 0 aromatic heterocycles. The number of para-hydroxylation sites is 1. The average Bonchev–Trinajstić information content (AvgIpc) is 2.49. The molecule has 0 heterocycles. The Kier molecular flexibility index (Phi) is 5.74. The fraction of sp³-hybridized carbons (Fsp3) is 0.200. The van der Waals surface area contributed by atoms with Gasteiger partial charge in [-0.3, -0.25) is 0 Å². The van der Waals surface area contributed by atoms with Crippen molar-refractivity contribution in [3.8, 4) is 5.75 Å². The molecule has 21 heavy (non-hydrogen) atoms. The van der Waals surface area contributed by atoms with E-state index in [0.29, 0.717) is 18.8 Å². The zero-order chi connectivity index (χ0) is 15.1. The van der Waals surface area contributed by atoms with Crippen LogP contribution < -0.4 is 10.2 Å². The third-order valence-corrected chi connectivity index (χ3v) is 2.87. The summed E-state index contributed by atoms with van der Waals surface area (Å²) in [6, 6.07) is 13.4. The normalized spacial score (nSPS) is 10.4. The number of benzene rings is 2. The molecule has 0 fully saturated rings. The van der Waals surface area contributed by atoms with E-state index in [4.69, 9.17) is 19.5 Å². The predicted octanol–water partition coefficient (Wildman–Crippen LogP) is 1.10. The van der Waals surface area contributed by atoms with Gasteiger partial charge in [0, 0.05) is 5.56 Å². The highest BCUT2D eigenvalue weighted by atomic mass is 19.1. The fourth-order valence-electron chi connectivity index (χ4n) is 1.76. The van der Waals surface area contributed by atoms with Gasteiger partial charge in [0.1, 0.15) is 18.2 Å². The Morgan fingerprint density at radius 1 is 1.00 bits per heavy atom. The monoisotopic (exact) mass is 290 g/mol. The summed E-state index contributed by atoms with van der Waals surface area (Å²) in [7, 11) is -1.67. The summed E-state index contributed by atoms with van der Waals surface area (Å²) in [5.41, 5.74) is 0.475. The smallest absolute Gasteiger partial charge is 0.488 e. The second kappa shape index (κ2) is 7.78. The van der Waals surface area contributed by atoms with Crippen LogP contribution >= 0.6 is 0 Å². The lowest BCUT2D eigenvalue weighted by Crippen LogP contribution is -2.30. The van der Waals surface area contributed by atoms with Crippen LogP contribution in [-0.4, -0.2) is 30.4 Å². The van der Waals surface area contributed by atoms with Gasteiger partial charge in [0.05, 0.1) is 13.2 Å². The van der Waals surface area contributed by atoms with Gasteiger partial charge in [-0.25, -0.2) is 4.39 Å². The molecule has 0 saturated carbocycles. The number of hydrogen-bond acceptors (Lipinski definition) is 4. The van der Waals surface area contributed by atoms with E-state index in [-0.39, 0.29) is 12.1 Å². The number of rotatable bonds is 7. The van der Waals surface area contributed by atoms with Crippen molar-refractivity contribution in [1.82, 2.24) is 0 Å². The lowest BCUT2D eigenvalue weighted by atomic mass is 9.80. The summed E-state index contributed by atoms with van der Waals surface area (Å²) in [6.07, 6.45) is 0. The minimum absolute atomic E-state index is 0.103. The molecular weight excluding hydrogens is 274 g/mol. The number of hydrogen-bond donors (Lipinski definition) is 2. The molecule has 2 N–H and O–H groups in total. The van der Waals surface area contributed by atoms with Crippen LogP contribution in [0, 0.1) is 5.82 Å². The van der Waals surface area contributed by atoms with Crippen molar-refractivity contribution in [3.63, 3.8) is 0 Å². The third-order valence-electron chi connectivity index (χ3n) is 2.87. The van der Waals surface area contributed by atoms with Crippen molar-refractivity contribution < 1.29 is 23.9 Å². The van der Waals surface area contributed by atoms with Gasteiger partial charge in [-0.15, -0.1) is 0 Å². The molecule has 4 nitrogen and oxygen atoms in total. The van der Waals surface area contributed by atoms with Gasteiger partial charge in [-0.2, -0.15) is 0 Å². The molecule has 0 aliphatic carbocycles. The van der Waals surface area contributed by atoms with Crippen LogP contribution in [0.2, 0.25) is 0 Å². The van der Waals surface area contributed by atoms with Crippen LogP contribution in [0.15, 0.2) is 48.5 Å². The van der Waals surface area contributed by atoms with Gasteiger partial charge in [-0.05, 0) is 23.7 Å². The van der Waals surface area contributed by atoms with Gasteiger partial charge < -0.3 is 19.5 Å². The van der Waals surface area contributed by atoms with Crippen molar-refractivity contribution in [2.24, 2.45) is 0 Å². The maximum absolute atomic E-state index is 13.7. The molecule has 0 aliphatic rings. The van der Waals surface area contributed by atoms with Crippen LogP contribution in [0.5, 0.6) is 5.75 Å². The zero-order valence-electron chi connectivity index (χ0n) is 11.4. The topological polar surface area (TPSA) is 58.9 Å². The van der Waals surface area contributed by atoms with Crippen molar-refractivity contribution >= 4 is 12.6 Å². The Balaban J connectivity index is 1.74. The first-order chi connectivity index (χ1) is 10.2.